The number of benzene rings is 2. The van der Waals surface area contributed by atoms with E-state index in [0.717, 1.165) is 39.5 Å². The van der Waals surface area contributed by atoms with Gasteiger partial charge in [0.2, 0.25) is 0 Å². The fourth-order valence-electron chi connectivity index (χ4n) is 4.68. The molecule has 35 heavy (non-hydrogen) atoms. The number of aromatic nitrogens is 1. The topological polar surface area (TPSA) is 51.5 Å². The molecule has 0 saturated carbocycles. The summed E-state index contributed by atoms with van der Waals surface area (Å²) >= 11 is 12.3. The van der Waals surface area contributed by atoms with E-state index >= 15 is 0 Å². The normalized spacial score (nSPS) is 14.9. The number of halogens is 2. The van der Waals surface area contributed by atoms with E-state index in [2.05, 4.69) is 0 Å². The number of aryl methyl sites for hydroxylation is 3. The molecule has 3 aromatic rings. The Balaban J connectivity index is 1.86. The summed E-state index contributed by atoms with van der Waals surface area (Å²) in [6.45, 7) is 9.65. The molecule has 0 aliphatic carbocycles. The standard InChI is InChI=1S/C28H26Cl2N2O3/c1-15-9-16(2)11-22(10-15)32-19(5)26(28(34)35-6)23(27(32)33)13-20-12-17(3)31(18(20)4)21-7-8-24(29)25(30)14-21/h7-14H,1-6H3/b23-13-. The summed E-state index contributed by atoms with van der Waals surface area (Å²) in [7, 11) is 1.32. The van der Waals surface area contributed by atoms with Gasteiger partial charge in [0.15, 0.2) is 0 Å². The zero-order chi connectivity index (χ0) is 25.6. The molecule has 0 bridgehead atoms. The first-order valence-corrected chi connectivity index (χ1v) is 11.9. The summed E-state index contributed by atoms with van der Waals surface area (Å²) in [6, 6.07) is 13.3. The number of carbonyl (C=O) groups is 2. The summed E-state index contributed by atoms with van der Waals surface area (Å²) in [5, 5.41) is 0.935. The van der Waals surface area contributed by atoms with Crippen LogP contribution in [0.5, 0.6) is 0 Å². The van der Waals surface area contributed by atoms with Crippen molar-refractivity contribution in [2.75, 3.05) is 12.0 Å². The average molecular weight is 509 g/mol. The van der Waals surface area contributed by atoms with Crippen LogP contribution < -0.4 is 4.90 Å². The zero-order valence-electron chi connectivity index (χ0n) is 20.5. The van der Waals surface area contributed by atoms with E-state index in [4.69, 9.17) is 27.9 Å². The minimum absolute atomic E-state index is 0.260. The second-order valence-corrected chi connectivity index (χ2v) is 9.57. The largest absolute Gasteiger partial charge is 0.465 e. The van der Waals surface area contributed by atoms with E-state index < -0.39 is 5.97 Å². The van der Waals surface area contributed by atoms with Gasteiger partial charge in [-0.2, -0.15) is 0 Å². The number of anilines is 1. The third kappa shape index (κ3) is 4.42. The molecule has 0 radical (unpaired) electrons. The van der Waals surface area contributed by atoms with Crippen molar-refractivity contribution in [3.05, 3.63) is 97.4 Å². The predicted octanol–water partition coefficient (Wildman–Crippen LogP) is 6.89. The minimum atomic E-state index is -0.549. The van der Waals surface area contributed by atoms with Crippen LogP contribution in [0.4, 0.5) is 5.69 Å². The molecule has 180 valence electrons. The van der Waals surface area contributed by atoms with Crippen molar-refractivity contribution in [1.29, 1.82) is 0 Å². The molecule has 1 aromatic heterocycles. The maximum atomic E-state index is 13.7. The van der Waals surface area contributed by atoms with Gasteiger partial charge in [-0.25, -0.2) is 4.79 Å². The van der Waals surface area contributed by atoms with Crippen LogP contribution >= 0.6 is 23.2 Å². The van der Waals surface area contributed by atoms with Gasteiger partial charge in [-0.1, -0.05) is 29.3 Å². The Kier molecular flexibility index (Phi) is 6.67. The molecule has 1 amide bonds. The van der Waals surface area contributed by atoms with Gasteiger partial charge in [0.25, 0.3) is 5.91 Å². The average Bonchev–Trinajstić information content (AvgIpc) is 3.20. The van der Waals surface area contributed by atoms with Gasteiger partial charge in [0.05, 0.1) is 28.3 Å². The highest BCUT2D eigenvalue weighted by molar-refractivity contribution is 6.42. The van der Waals surface area contributed by atoms with Crippen molar-refractivity contribution in [3.63, 3.8) is 0 Å². The molecule has 7 heteroatoms. The van der Waals surface area contributed by atoms with Crippen molar-refractivity contribution in [2.45, 2.75) is 34.6 Å². The van der Waals surface area contributed by atoms with Crippen molar-refractivity contribution in [1.82, 2.24) is 4.57 Å². The summed E-state index contributed by atoms with van der Waals surface area (Å²) in [5.41, 5.74) is 7.39. The molecule has 0 unspecified atom stereocenters. The Morgan fingerprint density at radius 2 is 1.54 bits per heavy atom. The van der Waals surface area contributed by atoms with Crippen LogP contribution in [0, 0.1) is 27.7 Å². The number of amides is 1. The van der Waals surface area contributed by atoms with Gasteiger partial charge < -0.3 is 9.30 Å². The summed E-state index contributed by atoms with van der Waals surface area (Å²) in [6.07, 6.45) is 1.76. The molecule has 0 fully saturated rings. The molecule has 4 rings (SSSR count). The van der Waals surface area contributed by atoms with Gasteiger partial charge in [-0.3, -0.25) is 9.69 Å². The van der Waals surface area contributed by atoms with E-state index in [0.29, 0.717) is 21.3 Å². The highest BCUT2D eigenvalue weighted by atomic mass is 35.5. The first-order chi connectivity index (χ1) is 16.5. The lowest BCUT2D eigenvalue weighted by molar-refractivity contribution is -0.136. The number of carbonyl (C=O) groups excluding carboxylic acids is 2. The molecular formula is C28H26Cl2N2O3. The number of hydrogen-bond acceptors (Lipinski definition) is 3. The summed E-state index contributed by atoms with van der Waals surface area (Å²) < 4.78 is 7.09. The second-order valence-electron chi connectivity index (χ2n) is 8.76. The lowest BCUT2D eigenvalue weighted by Gasteiger charge is -2.19. The summed E-state index contributed by atoms with van der Waals surface area (Å²) in [4.78, 5) is 28.1. The van der Waals surface area contributed by atoms with Crippen molar-refractivity contribution >= 4 is 46.8 Å². The number of hydrogen-bond donors (Lipinski definition) is 0. The molecule has 0 atom stereocenters. The highest BCUT2D eigenvalue weighted by Crippen LogP contribution is 2.37. The van der Waals surface area contributed by atoms with Gasteiger partial charge in [0, 0.05) is 28.5 Å². The molecule has 1 aliphatic heterocycles. The zero-order valence-corrected chi connectivity index (χ0v) is 22.0. The van der Waals surface area contributed by atoms with E-state index in [1.165, 1.54) is 7.11 Å². The van der Waals surface area contributed by atoms with E-state index in [1.54, 1.807) is 30.0 Å². The fraction of sp³-hybridized carbons (Fsp3) is 0.214. The predicted molar refractivity (Wildman–Crippen MR) is 141 cm³/mol. The van der Waals surface area contributed by atoms with Crippen LogP contribution in [0.3, 0.4) is 0 Å². The molecule has 0 N–H and O–H groups in total. The smallest absolute Gasteiger partial charge is 0.340 e. The minimum Gasteiger partial charge on any atom is -0.465 e. The monoisotopic (exact) mass is 508 g/mol. The lowest BCUT2D eigenvalue weighted by atomic mass is 10.0. The Bertz CT molecular complexity index is 1430. The third-order valence-corrected chi connectivity index (χ3v) is 6.92. The maximum absolute atomic E-state index is 13.7. The molecule has 0 saturated heterocycles. The van der Waals surface area contributed by atoms with E-state index in [-0.39, 0.29) is 11.5 Å². The Labute approximate surface area is 215 Å². The first kappa shape index (κ1) is 24.8. The van der Waals surface area contributed by atoms with Gasteiger partial charge in [-0.05, 0) is 93.8 Å². The Morgan fingerprint density at radius 3 is 2.14 bits per heavy atom. The van der Waals surface area contributed by atoms with E-state index in [9.17, 15) is 9.59 Å². The number of methoxy groups -OCH3 is 1. The number of esters is 1. The van der Waals surface area contributed by atoms with Crippen LogP contribution in [0.2, 0.25) is 10.0 Å². The van der Waals surface area contributed by atoms with Gasteiger partial charge >= 0.3 is 5.97 Å². The van der Waals surface area contributed by atoms with Crippen LogP contribution in [0.15, 0.2) is 59.3 Å². The van der Waals surface area contributed by atoms with Gasteiger partial charge in [-0.15, -0.1) is 0 Å². The highest BCUT2D eigenvalue weighted by Gasteiger charge is 2.38. The second kappa shape index (κ2) is 9.40. The van der Waals surface area contributed by atoms with Crippen LogP contribution in [0.1, 0.15) is 35.0 Å². The molecule has 2 aromatic carbocycles. The van der Waals surface area contributed by atoms with Crippen LogP contribution in [-0.4, -0.2) is 23.6 Å². The van der Waals surface area contributed by atoms with Crippen molar-refractivity contribution < 1.29 is 14.3 Å². The quantitative estimate of drug-likeness (QED) is 0.284. The number of nitrogens with zero attached hydrogens (tertiary/aromatic N) is 2. The fourth-order valence-corrected chi connectivity index (χ4v) is 4.97. The Morgan fingerprint density at radius 1 is 0.886 bits per heavy atom. The molecule has 1 aliphatic rings. The van der Waals surface area contributed by atoms with Crippen LogP contribution in [0.25, 0.3) is 11.8 Å². The third-order valence-electron chi connectivity index (χ3n) is 6.19. The van der Waals surface area contributed by atoms with Crippen molar-refractivity contribution in [2.24, 2.45) is 0 Å². The molecule has 0 spiro atoms. The number of rotatable bonds is 4. The SMILES string of the molecule is COC(=O)C1=C(C)N(c2cc(C)cc(C)c2)C(=O)/C1=C\c1cc(C)n(-c2ccc(Cl)c(Cl)c2)c1C. The van der Waals surface area contributed by atoms with Crippen LogP contribution in [-0.2, 0) is 14.3 Å². The molecule has 5 nitrogen and oxygen atoms in total. The number of ether oxygens (including phenoxy) is 1. The van der Waals surface area contributed by atoms with Crippen molar-refractivity contribution in [3.8, 4) is 5.69 Å². The maximum Gasteiger partial charge on any atom is 0.340 e. The number of allylic oxidation sites excluding steroid dienone is 1. The molecular weight excluding hydrogens is 483 g/mol. The summed E-state index contributed by atoms with van der Waals surface area (Å²) in [5.74, 6) is -0.820. The Hall–Kier alpha value is -3.28. The first-order valence-electron chi connectivity index (χ1n) is 11.1. The van der Waals surface area contributed by atoms with Gasteiger partial charge in [0.1, 0.15) is 0 Å². The van der Waals surface area contributed by atoms with E-state index in [1.807, 2.05) is 62.6 Å². The molecule has 2 heterocycles. The lowest BCUT2D eigenvalue weighted by Crippen LogP contribution is -2.24.